The van der Waals surface area contributed by atoms with E-state index >= 15 is 0 Å². The third kappa shape index (κ3) is 1.49. The summed E-state index contributed by atoms with van der Waals surface area (Å²) in [7, 11) is 1.71. The molecule has 2 heterocycles. The average molecular weight is 309 g/mol. The summed E-state index contributed by atoms with van der Waals surface area (Å²) >= 11 is 0. The number of furan rings is 1. The van der Waals surface area contributed by atoms with E-state index in [9.17, 15) is 4.79 Å². The van der Waals surface area contributed by atoms with Crippen LogP contribution in [0.2, 0.25) is 0 Å². The van der Waals surface area contributed by atoms with Gasteiger partial charge in [-0.15, -0.1) is 0 Å². The molecule has 0 radical (unpaired) electrons. The number of benzene rings is 1. The summed E-state index contributed by atoms with van der Waals surface area (Å²) in [6.07, 6.45) is 3.53. The van der Waals surface area contributed by atoms with Crippen LogP contribution in [0, 0.1) is 5.92 Å². The molecule has 0 bridgehead atoms. The molecule has 0 spiro atoms. The lowest BCUT2D eigenvalue weighted by atomic mass is 9.43. The van der Waals surface area contributed by atoms with E-state index < -0.39 is 0 Å². The van der Waals surface area contributed by atoms with E-state index in [0.29, 0.717) is 23.8 Å². The second-order valence-corrected chi connectivity index (χ2v) is 7.20. The van der Waals surface area contributed by atoms with Crippen molar-refractivity contribution in [3.63, 3.8) is 0 Å². The molecule has 4 nitrogen and oxygen atoms in total. The third-order valence-corrected chi connectivity index (χ3v) is 6.24. The number of ether oxygens (including phenoxy) is 1. The number of amides is 1. The molecule has 1 unspecified atom stereocenters. The molecule has 2 aliphatic carbocycles. The van der Waals surface area contributed by atoms with Crippen LogP contribution in [-0.2, 0) is 11.8 Å². The minimum absolute atomic E-state index is 0.0419. The fraction of sp³-hybridized carbons (Fsp3) is 0.421. The zero-order valence-corrected chi connectivity index (χ0v) is 13.3. The molecule has 1 saturated heterocycles. The van der Waals surface area contributed by atoms with Gasteiger partial charge < -0.3 is 14.1 Å². The number of rotatable bonds is 2. The number of carbonyl (C=O) groups excluding carboxylic acids is 1. The van der Waals surface area contributed by atoms with Crippen LogP contribution >= 0.6 is 0 Å². The van der Waals surface area contributed by atoms with Crippen LogP contribution in [0.4, 0.5) is 0 Å². The van der Waals surface area contributed by atoms with Gasteiger partial charge in [0.05, 0.1) is 13.4 Å². The van der Waals surface area contributed by atoms with Crippen molar-refractivity contribution in [3.8, 4) is 5.75 Å². The SMILES string of the molecule is COc1ccc2c(c1)[C@]1(C)CC3[C@H]1[C@@H](C2)N3C(=O)c1ccco1. The number of hydrogen-bond acceptors (Lipinski definition) is 3. The lowest BCUT2D eigenvalue weighted by Gasteiger charge is -2.72. The number of fused-ring (bicyclic) bond motifs is 2. The Bertz CT molecular complexity index is 797. The van der Waals surface area contributed by atoms with Gasteiger partial charge in [-0.1, -0.05) is 13.0 Å². The first kappa shape index (κ1) is 13.2. The Labute approximate surface area is 135 Å². The van der Waals surface area contributed by atoms with Crippen molar-refractivity contribution < 1.29 is 13.9 Å². The summed E-state index contributed by atoms with van der Waals surface area (Å²) in [5, 5.41) is 0. The summed E-state index contributed by atoms with van der Waals surface area (Å²) in [4.78, 5) is 14.8. The van der Waals surface area contributed by atoms with E-state index in [2.05, 4.69) is 24.0 Å². The molecule has 4 atom stereocenters. The average Bonchev–Trinajstić information content (AvgIpc) is 3.06. The molecule has 5 rings (SSSR count). The van der Waals surface area contributed by atoms with Crippen LogP contribution in [0.3, 0.4) is 0 Å². The summed E-state index contributed by atoms with van der Waals surface area (Å²) in [6.45, 7) is 2.34. The summed E-state index contributed by atoms with van der Waals surface area (Å²) in [5.74, 6) is 1.99. The van der Waals surface area contributed by atoms with E-state index in [1.807, 2.05) is 6.07 Å². The zero-order valence-electron chi connectivity index (χ0n) is 13.3. The summed E-state index contributed by atoms with van der Waals surface area (Å²) in [5.41, 5.74) is 2.95. The normalized spacial score (nSPS) is 33.1. The van der Waals surface area contributed by atoms with Crippen molar-refractivity contribution in [1.29, 1.82) is 0 Å². The van der Waals surface area contributed by atoms with Crippen LogP contribution in [0.25, 0.3) is 0 Å². The Hall–Kier alpha value is -2.23. The van der Waals surface area contributed by atoms with Crippen molar-refractivity contribution >= 4 is 5.91 Å². The molecule has 1 aliphatic heterocycles. The van der Waals surface area contributed by atoms with Crippen molar-refractivity contribution in [2.45, 2.75) is 37.3 Å². The Kier molecular flexibility index (Phi) is 2.41. The largest absolute Gasteiger partial charge is 0.497 e. The quantitative estimate of drug-likeness (QED) is 0.856. The minimum atomic E-state index is 0.0419. The number of nitrogens with zero attached hydrogens (tertiary/aromatic N) is 1. The maximum Gasteiger partial charge on any atom is 0.290 e. The van der Waals surface area contributed by atoms with Gasteiger partial charge in [0, 0.05) is 23.4 Å². The maximum atomic E-state index is 12.7. The highest BCUT2D eigenvalue weighted by molar-refractivity contribution is 5.93. The molecule has 3 aliphatic rings. The topological polar surface area (TPSA) is 42.7 Å². The fourth-order valence-electron chi connectivity index (χ4n) is 5.19. The van der Waals surface area contributed by atoms with Gasteiger partial charge >= 0.3 is 0 Å². The molecule has 1 aromatic carbocycles. The Morgan fingerprint density at radius 3 is 2.96 bits per heavy atom. The highest BCUT2D eigenvalue weighted by atomic mass is 16.5. The van der Waals surface area contributed by atoms with Gasteiger partial charge in [-0.3, -0.25) is 4.79 Å². The number of carbonyl (C=O) groups is 1. The first-order valence-electron chi connectivity index (χ1n) is 8.17. The van der Waals surface area contributed by atoms with E-state index in [1.165, 1.54) is 11.1 Å². The Morgan fingerprint density at radius 2 is 2.22 bits per heavy atom. The molecule has 0 N–H and O–H groups in total. The Morgan fingerprint density at radius 1 is 1.35 bits per heavy atom. The number of piperidine rings is 1. The zero-order chi connectivity index (χ0) is 15.8. The van der Waals surface area contributed by atoms with E-state index in [-0.39, 0.29) is 11.3 Å². The second kappa shape index (κ2) is 4.19. The molecular weight excluding hydrogens is 290 g/mol. The lowest BCUT2D eigenvalue weighted by molar-refractivity contribution is -0.156. The van der Waals surface area contributed by atoms with Crippen LogP contribution in [-0.4, -0.2) is 30.0 Å². The molecule has 2 fully saturated rings. The standard InChI is InChI=1S/C19H19NO3/c1-19-10-15-17(19)14(20(15)18(21)16-4-3-7-23-16)8-11-5-6-12(22-2)9-13(11)19/h3-7,9,14-15,17H,8,10H2,1-2H3/t14-,15?,17-,19+/m1/s1. The molecule has 1 amide bonds. The van der Waals surface area contributed by atoms with Crippen molar-refractivity contribution in [2.24, 2.45) is 5.92 Å². The van der Waals surface area contributed by atoms with E-state index in [1.54, 1.807) is 25.5 Å². The van der Waals surface area contributed by atoms with Gasteiger partial charge in [0.1, 0.15) is 5.75 Å². The molecule has 118 valence electrons. The van der Waals surface area contributed by atoms with Gasteiger partial charge in [-0.25, -0.2) is 0 Å². The van der Waals surface area contributed by atoms with Gasteiger partial charge in [0.25, 0.3) is 5.91 Å². The highest BCUT2D eigenvalue weighted by Gasteiger charge is 2.69. The molecule has 1 saturated carbocycles. The molecular formula is C19H19NO3. The predicted molar refractivity (Wildman–Crippen MR) is 84.6 cm³/mol. The van der Waals surface area contributed by atoms with Crippen molar-refractivity contribution in [1.82, 2.24) is 4.90 Å². The van der Waals surface area contributed by atoms with Crippen LogP contribution in [0.5, 0.6) is 5.75 Å². The second-order valence-electron chi connectivity index (χ2n) is 7.20. The van der Waals surface area contributed by atoms with Crippen molar-refractivity contribution in [3.05, 3.63) is 53.5 Å². The molecule has 1 aromatic heterocycles. The first-order chi connectivity index (χ1) is 11.1. The fourth-order valence-corrected chi connectivity index (χ4v) is 5.19. The minimum Gasteiger partial charge on any atom is -0.497 e. The Balaban J connectivity index is 1.51. The third-order valence-electron chi connectivity index (χ3n) is 6.24. The summed E-state index contributed by atoms with van der Waals surface area (Å²) in [6, 6.07) is 10.6. The van der Waals surface area contributed by atoms with E-state index in [0.717, 1.165) is 18.6 Å². The van der Waals surface area contributed by atoms with Gasteiger partial charge in [-0.2, -0.15) is 0 Å². The van der Waals surface area contributed by atoms with Crippen molar-refractivity contribution in [2.75, 3.05) is 7.11 Å². The van der Waals surface area contributed by atoms with E-state index in [4.69, 9.17) is 9.15 Å². The lowest BCUT2D eigenvalue weighted by Crippen LogP contribution is -2.80. The van der Waals surface area contributed by atoms with Gasteiger partial charge in [-0.05, 0) is 48.2 Å². The number of likely N-dealkylation sites (tertiary alicyclic amines) is 1. The maximum absolute atomic E-state index is 12.7. The monoisotopic (exact) mass is 309 g/mol. The molecule has 4 heteroatoms. The molecule has 23 heavy (non-hydrogen) atoms. The smallest absolute Gasteiger partial charge is 0.290 e. The summed E-state index contributed by atoms with van der Waals surface area (Å²) < 4.78 is 10.7. The van der Waals surface area contributed by atoms with Gasteiger partial charge in [0.15, 0.2) is 5.76 Å². The number of methoxy groups -OCH3 is 1. The number of hydrogen-bond donors (Lipinski definition) is 0. The van der Waals surface area contributed by atoms with Crippen LogP contribution < -0.4 is 4.74 Å². The highest BCUT2D eigenvalue weighted by Crippen LogP contribution is 2.64. The predicted octanol–water partition coefficient (Wildman–Crippen LogP) is 3.02. The molecule has 2 aromatic rings. The first-order valence-corrected chi connectivity index (χ1v) is 8.17. The van der Waals surface area contributed by atoms with Crippen LogP contribution in [0.1, 0.15) is 35.0 Å². The van der Waals surface area contributed by atoms with Crippen LogP contribution in [0.15, 0.2) is 41.0 Å². The van der Waals surface area contributed by atoms with Gasteiger partial charge in [0.2, 0.25) is 0 Å².